The standard InChI is InChI=1S/C18H8BrCl2F2N3O/c19-8-7-26-12-5-4-9(20)16(21)15(12)17(24-6-13(26)25-18(8)27)14-10(22)2-1-3-11(14)23/h1-5,7H,6H2. The molecule has 0 N–H and O–H groups in total. The molecule has 1 aromatic heterocycles. The highest BCUT2D eigenvalue weighted by molar-refractivity contribution is 9.10. The summed E-state index contributed by atoms with van der Waals surface area (Å²) < 4.78 is 30.8. The first-order chi connectivity index (χ1) is 12.9. The maximum atomic E-state index is 14.5. The van der Waals surface area contributed by atoms with Gasteiger partial charge in [0.05, 0.1) is 33.6 Å². The highest BCUT2D eigenvalue weighted by atomic mass is 79.9. The number of benzene rings is 2. The number of fused-ring (bicyclic) bond motifs is 3. The largest absolute Gasteiger partial charge is 0.302 e. The molecular weight excluding hydrogens is 463 g/mol. The van der Waals surface area contributed by atoms with Crippen LogP contribution in [0.15, 0.2) is 50.8 Å². The van der Waals surface area contributed by atoms with E-state index in [1.165, 1.54) is 12.3 Å². The van der Waals surface area contributed by atoms with Gasteiger partial charge in [-0.3, -0.25) is 9.79 Å². The van der Waals surface area contributed by atoms with E-state index in [1.807, 2.05) is 0 Å². The molecule has 0 unspecified atom stereocenters. The molecule has 0 fully saturated rings. The molecule has 4 nitrogen and oxygen atoms in total. The van der Waals surface area contributed by atoms with Gasteiger partial charge < -0.3 is 4.57 Å². The van der Waals surface area contributed by atoms with Gasteiger partial charge in [0, 0.05) is 11.8 Å². The van der Waals surface area contributed by atoms with Crippen molar-refractivity contribution in [3.8, 4) is 5.69 Å². The molecule has 0 saturated carbocycles. The second-order valence-electron chi connectivity index (χ2n) is 5.70. The van der Waals surface area contributed by atoms with Crippen molar-refractivity contribution >= 4 is 44.8 Å². The summed E-state index contributed by atoms with van der Waals surface area (Å²) in [7, 11) is 0. The van der Waals surface area contributed by atoms with Crippen LogP contribution >= 0.6 is 39.1 Å². The zero-order chi connectivity index (χ0) is 19.3. The fraction of sp³-hybridized carbons (Fsp3) is 0.0556. The van der Waals surface area contributed by atoms with Crippen LogP contribution in [0.1, 0.15) is 17.0 Å². The fourth-order valence-electron chi connectivity index (χ4n) is 2.91. The van der Waals surface area contributed by atoms with Gasteiger partial charge in [-0.25, -0.2) is 8.78 Å². The summed E-state index contributed by atoms with van der Waals surface area (Å²) in [5, 5.41) is 0.301. The lowest BCUT2D eigenvalue weighted by Crippen LogP contribution is -2.17. The summed E-state index contributed by atoms with van der Waals surface area (Å²) in [5.41, 5.74) is -0.0886. The molecule has 0 atom stereocenters. The predicted octanol–water partition coefficient (Wildman–Crippen LogP) is 4.93. The maximum absolute atomic E-state index is 14.5. The molecule has 1 aliphatic rings. The molecule has 9 heteroatoms. The monoisotopic (exact) mass is 469 g/mol. The average Bonchev–Trinajstić information content (AvgIpc) is 2.77. The summed E-state index contributed by atoms with van der Waals surface area (Å²) >= 11 is 15.7. The number of aliphatic imine (C=N–C) groups is 1. The number of hydrogen-bond acceptors (Lipinski definition) is 3. The molecule has 3 aromatic rings. The lowest BCUT2D eigenvalue weighted by atomic mass is 9.99. The third kappa shape index (κ3) is 2.99. The third-order valence-electron chi connectivity index (χ3n) is 4.10. The normalized spacial score (nSPS) is 12.9. The van der Waals surface area contributed by atoms with E-state index in [0.717, 1.165) is 12.1 Å². The van der Waals surface area contributed by atoms with Gasteiger partial charge in [-0.1, -0.05) is 29.3 Å². The summed E-state index contributed by atoms with van der Waals surface area (Å²) in [6.45, 7) is -0.0751. The molecule has 0 amide bonds. The van der Waals surface area contributed by atoms with Crippen molar-refractivity contribution in [3.63, 3.8) is 0 Å². The highest BCUT2D eigenvalue weighted by Gasteiger charge is 2.27. The second-order valence-corrected chi connectivity index (χ2v) is 7.34. The Hall–Kier alpha value is -2.09. The molecule has 2 aromatic carbocycles. The Bertz CT molecular complexity index is 1170. The van der Waals surface area contributed by atoms with E-state index in [1.54, 1.807) is 16.7 Å². The second kappa shape index (κ2) is 6.82. The number of halogens is 5. The number of hydrogen-bond donors (Lipinski definition) is 0. The van der Waals surface area contributed by atoms with Crippen LogP contribution in [0.2, 0.25) is 10.0 Å². The third-order valence-corrected chi connectivity index (χ3v) is 5.45. The van der Waals surface area contributed by atoms with Gasteiger partial charge in [-0.2, -0.15) is 4.98 Å². The van der Waals surface area contributed by atoms with Crippen LogP contribution in [0.3, 0.4) is 0 Å². The summed E-state index contributed by atoms with van der Waals surface area (Å²) in [4.78, 5) is 20.2. The molecule has 0 saturated heterocycles. The van der Waals surface area contributed by atoms with Crippen molar-refractivity contribution in [1.82, 2.24) is 9.55 Å². The summed E-state index contributed by atoms with van der Waals surface area (Å²) in [6, 6.07) is 6.71. The smallest absolute Gasteiger partial charge is 0.287 e. The van der Waals surface area contributed by atoms with Crippen LogP contribution in [0.5, 0.6) is 0 Å². The SMILES string of the molecule is O=c1nc2n(cc1Br)-c1ccc(Cl)c(Cl)c1C(c1c(F)cccc1F)=NC2. The molecule has 0 radical (unpaired) electrons. The van der Waals surface area contributed by atoms with Crippen LogP contribution in [0, 0.1) is 11.6 Å². The van der Waals surface area contributed by atoms with Gasteiger partial charge in [-0.15, -0.1) is 0 Å². The first-order valence-electron chi connectivity index (χ1n) is 7.64. The quantitative estimate of drug-likeness (QED) is 0.506. The lowest BCUT2D eigenvalue weighted by molar-refractivity contribution is 0.579. The van der Waals surface area contributed by atoms with Gasteiger partial charge in [0.25, 0.3) is 5.56 Å². The zero-order valence-corrected chi connectivity index (χ0v) is 16.4. The summed E-state index contributed by atoms with van der Waals surface area (Å²) in [6.07, 6.45) is 1.52. The predicted molar refractivity (Wildman–Crippen MR) is 103 cm³/mol. The Balaban J connectivity index is 2.12. The van der Waals surface area contributed by atoms with Crippen molar-refractivity contribution in [2.75, 3.05) is 0 Å². The molecule has 2 heterocycles. The van der Waals surface area contributed by atoms with Crippen LogP contribution in [0.4, 0.5) is 8.78 Å². The number of aromatic nitrogens is 2. The molecule has 4 rings (SSSR count). The van der Waals surface area contributed by atoms with Gasteiger partial charge in [-0.05, 0) is 40.2 Å². The highest BCUT2D eigenvalue weighted by Crippen LogP contribution is 2.36. The first kappa shape index (κ1) is 18.3. The lowest BCUT2D eigenvalue weighted by Gasteiger charge is -2.16. The van der Waals surface area contributed by atoms with E-state index < -0.39 is 17.2 Å². The van der Waals surface area contributed by atoms with Crippen molar-refractivity contribution in [3.05, 3.63) is 90.0 Å². The van der Waals surface area contributed by atoms with E-state index >= 15 is 0 Å². The molecule has 0 bridgehead atoms. The summed E-state index contributed by atoms with van der Waals surface area (Å²) in [5.74, 6) is -1.27. The Labute approximate surface area is 170 Å². The van der Waals surface area contributed by atoms with E-state index in [-0.39, 0.29) is 37.9 Å². The van der Waals surface area contributed by atoms with Crippen LogP contribution in [-0.2, 0) is 6.54 Å². The minimum Gasteiger partial charge on any atom is -0.302 e. The Kier molecular flexibility index (Phi) is 4.61. The number of nitrogens with zero attached hydrogens (tertiary/aromatic N) is 3. The molecule has 136 valence electrons. The van der Waals surface area contributed by atoms with E-state index in [9.17, 15) is 13.6 Å². The van der Waals surface area contributed by atoms with Crippen LogP contribution < -0.4 is 5.56 Å². The van der Waals surface area contributed by atoms with Gasteiger partial charge in [0.2, 0.25) is 0 Å². The Morgan fingerprint density at radius 1 is 1.07 bits per heavy atom. The minimum atomic E-state index is -0.787. The van der Waals surface area contributed by atoms with Gasteiger partial charge in [0.1, 0.15) is 21.9 Å². The first-order valence-corrected chi connectivity index (χ1v) is 9.19. The fourth-order valence-corrected chi connectivity index (χ4v) is 3.61. The molecule has 1 aliphatic heterocycles. The molecule has 0 spiro atoms. The Morgan fingerprint density at radius 2 is 1.78 bits per heavy atom. The van der Waals surface area contributed by atoms with E-state index in [0.29, 0.717) is 11.5 Å². The Morgan fingerprint density at radius 3 is 2.48 bits per heavy atom. The van der Waals surface area contributed by atoms with Crippen molar-refractivity contribution in [2.24, 2.45) is 4.99 Å². The maximum Gasteiger partial charge on any atom is 0.287 e. The van der Waals surface area contributed by atoms with Crippen molar-refractivity contribution in [2.45, 2.75) is 6.54 Å². The number of rotatable bonds is 1. The van der Waals surface area contributed by atoms with Crippen molar-refractivity contribution in [1.29, 1.82) is 0 Å². The van der Waals surface area contributed by atoms with Crippen LogP contribution in [-0.4, -0.2) is 15.3 Å². The van der Waals surface area contributed by atoms with Gasteiger partial charge >= 0.3 is 0 Å². The topological polar surface area (TPSA) is 47.2 Å². The minimum absolute atomic E-state index is 0.00201. The van der Waals surface area contributed by atoms with E-state index in [4.69, 9.17) is 23.2 Å². The average molecular weight is 471 g/mol. The zero-order valence-electron chi connectivity index (χ0n) is 13.3. The van der Waals surface area contributed by atoms with Gasteiger partial charge in [0.15, 0.2) is 0 Å². The molecule has 0 aliphatic carbocycles. The molecular formula is C18H8BrCl2F2N3O. The van der Waals surface area contributed by atoms with Crippen molar-refractivity contribution < 1.29 is 8.78 Å². The van der Waals surface area contributed by atoms with E-state index in [2.05, 4.69) is 25.9 Å². The molecule has 27 heavy (non-hydrogen) atoms. The van der Waals surface area contributed by atoms with Crippen LogP contribution in [0.25, 0.3) is 5.69 Å².